The van der Waals surface area contributed by atoms with Crippen molar-refractivity contribution in [3.8, 4) is 0 Å². The standard InChI is InChI=1S/C15H25N3OS/c1-18(2)12(13-6-5-9-20-13)11-17-14(19)10-15(16)7-3-4-8-15/h5-6,9,12H,3-4,7-8,10-11,16H2,1-2H3,(H,17,19). The first-order valence-corrected chi connectivity index (χ1v) is 8.13. The number of carbonyl (C=O) groups excluding carboxylic acids is 1. The molecule has 20 heavy (non-hydrogen) atoms. The van der Waals surface area contributed by atoms with Crippen LogP contribution in [0.1, 0.15) is 43.0 Å². The average Bonchev–Trinajstić information content (AvgIpc) is 3.01. The minimum atomic E-state index is -0.263. The molecule has 112 valence electrons. The zero-order valence-electron chi connectivity index (χ0n) is 12.4. The van der Waals surface area contributed by atoms with Crippen molar-refractivity contribution in [3.63, 3.8) is 0 Å². The van der Waals surface area contributed by atoms with Crippen LogP contribution < -0.4 is 11.1 Å². The molecule has 0 bridgehead atoms. The molecule has 0 spiro atoms. The van der Waals surface area contributed by atoms with Crippen LogP contribution in [0, 0.1) is 0 Å². The van der Waals surface area contributed by atoms with Gasteiger partial charge in [0.1, 0.15) is 0 Å². The second-order valence-electron chi connectivity index (χ2n) is 6.05. The van der Waals surface area contributed by atoms with Crippen LogP contribution in [0.4, 0.5) is 0 Å². The highest BCUT2D eigenvalue weighted by Crippen LogP contribution is 2.30. The number of hydrogen-bond acceptors (Lipinski definition) is 4. The lowest BCUT2D eigenvalue weighted by atomic mass is 9.94. The van der Waals surface area contributed by atoms with Gasteiger partial charge >= 0.3 is 0 Å². The van der Waals surface area contributed by atoms with Crippen LogP contribution in [0.25, 0.3) is 0 Å². The largest absolute Gasteiger partial charge is 0.354 e. The molecule has 5 heteroatoms. The van der Waals surface area contributed by atoms with Gasteiger partial charge in [-0.15, -0.1) is 11.3 Å². The van der Waals surface area contributed by atoms with Crippen LogP contribution in [0.2, 0.25) is 0 Å². The Morgan fingerprint density at radius 3 is 2.75 bits per heavy atom. The monoisotopic (exact) mass is 295 g/mol. The van der Waals surface area contributed by atoms with Gasteiger partial charge in [-0.3, -0.25) is 4.79 Å². The average molecular weight is 295 g/mol. The van der Waals surface area contributed by atoms with Gasteiger partial charge in [0.25, 0.3) is 0 Å². The molecule has 1 aromatic rings. The number of likely N-dealkylation sites (N-methyl/N-ethyl adjacent to an activating group) is 1. The molecule has 1 unspecified atom stereocenters. The van der Waals surface area contributed by atoms with Crippen molar-refractivity contribution >= 4 is 17.2 Å². The Bertz CT molecular complexity index is 424. The highest BCUT2D eigenvalue weighted by Gasteiger charge is 2.31. The molecular formula is C15H25N3OS. The van der Waals surface area contributed by atoms with E-state index in [2.05, 4.69) is 21.7 Å². The molecule has 1 aliphatic carbocycles. The van der Waals surface area contributed by atoms with Crippen molar-refractivity contribution in [2.45, 2.75) is 43.7 Å². The second kappa shape index (κ2) is 6.70. The highest BCUT2D eigenvalue weighted by molar-refractivity contribution is 7.10. The lowest BCUT2D eigenvalue weighted by molar-refractivity contribution is -0.122. The Labute approximate surface area is 125 Å². The number of thiophene rings is 1. The number of rotatable bonds is 6. The van der Waals surface area contributed by atoms with Crippen LogP contribution in [-0.4, -0.2) is 37.0 Å². The molecule has 1 saturated carbocycles. The number of hydrogen-bond donors (Lipinski definition) is 2. The molecule has 1 aromatic heterocycles. The lowest BCUT2D eigenvalue weighted by Gasteiger charge is -2.26. The van der Waals surface area contributed by atoms with Gasteiger partial charge in [0.2, 0.25) is 5.91 Å². The van der Waals surface area contributed by atoms with E-state index in [9.17, 15) is 4.79 Å². The molecule has 1 amide bonds. The van der Waals surface area contributed by atoms with Crippen molar-refractivity contribution in [1.82, 2.24) is 10.2 Å². The van der Waals surface area contributed by atoms with Crippen LogP contribution in [0.5, 0.6) is 0 Å². The van der Waals surface area contributed by atoms with Gasteiger partial charge in [-0.2, -0.15) is 0 Å². The van der Waals surface area contributed by atoms with Crippen molar-refractivity contribution in [2.24, 2.45) is 5.73 Å². The van der Waals surface area contributed by atoms with E-state index in [1.807, 2.05) is 20.2 Å². The van der Waals surface area contributed by atoms with Crippen LogP contribution in [0.3, 0.4) is 0 Å². The molecule has 1 heterocycles. The first-order chi connectivity index (χ1) is 9.50. The van der Waals surface area contributed by atoms with Crippen molar-refractivity contribution in [3.05, 3.63) is 22.4 Å². The van der Waals surface area contributed by atoms with Gasteiger partial charge in [0.15, 0.2) is 0 Å². The topological polar surface area (TPSA) is 58.4 Å². The van der Waals surface area contributed by atoms with Gasteiger partial charge < -0.3 is 16.0 Å². The summed E-state index contributed by atoms with van der Waals surface area (Å²) >= 11 is 1.73. The van der Waals surface area contributed by atoms with E-state index >= 15 is 0 Å². The molecule has 0 saturated heterocycles. The summed E-state index contributed by atoms with van der Waals surface area (Å²) in [5.74, 6) is 0.0813. The minimum Gasteiger partial charge on any atom is -0.354 e. The molecule has 0 radical (unpaired) electrons. The number of nitrogens with two attached hydrogens (primary N) is 1. The summed E-state index contributed by atoms with van der Waals surface area (Å²) in [7, 11) is 4.08. The molecule has 1 aliphatic rings. The molecular weight excluding hydrogens is 270 g/mol. The SMILES string of the molecule is CN(C)C(CNC(=O)CC1(N)CCCC1)c1cccs1. The molecule has 1 fully saturated rings. The van der Waals surface area contributed by atoms with Gasteiger partial charge in [-0.1, -0.05) is 18.9 Å². The van der Waals surface area contributed by atoms with E-state index in [0.717, 1.165) is 25.7 Å². The predicted molar refractivity (Wildman–Crippen MR) is 83.8 cm³/mol. The van der Waals surface area contributed by atoms with Gasteiger partial charge in [0.05, 0.1) is 6.04 Å². The molecule has 4 nitrogen and oxygen atoms in total. The molecule has 2 rings (SSSR count). The van der Waals surface area contributed by atoms with Crippen LogP contribution in [0.15, 0.2) is 17.5 Å². The van der Waals surface area contributed by atoms with E-state index in [1.165, 1.54) is 4.88 Å². The first kappa shape index (κ1) is 15.5. The Hall–Kier alpha value is -0.910. The van der Waals surface area contributed by atoms with Gasteiger partial charge in [-0.25, -0.2) is 0 Å². The normalized spacial score (nSPS) is 19.2. The molecule has 3 N–H and O–H groups in total. The zero-order valence-corrected chi connectivity index (χ0v) is 13.2. The smallest absolute Gasteiger partial charge is 0.221 e. The van der Waals surface area contributed by atoms with Crippen molar-refractivity contribution in [2.75, 3.05) is 20.6 Å². The fourth-order valence-electron chi connectivity index (χ4n) is 2.87. The van der Waals surface area contributed by atoms with Crippen molar-refractivity contribution < 1.29 is 4.79 Å². The number of nitrogens with zero attached hydrogens (tertiary/aromatic N) is 1. The maximum Gasteiger partial charge on any atom is 0.221 e. The van der Waals surface area contributed by atoms with Gasteiger partial charge in [0, 0.05) is 23.4 Å². The summed E-state index contributed by atoms with van der Waals surface area (Å²) in [6.45, 7) is 0.641. The van der Waals surface area contributed by atoms with Gasteiger partial charge in [-0.05, 0) is 38.4 Å². The Morgan fingerprint density at radius 2 is 2.20 bits per heavy atom. The summed E-state index contributed by atoms with van der Waals surface area (Å²) in [6.07, 6.45) is 4.71. The summed E-state index contributed by atoms with van der Waals surface area (Å²) in [5, 5.41) is 5.12. The molecule has 0 aromatic carbocycles. The summed E-state index contributed by atoms with van der Waals surface area (Å²) < 4.78 is 0. The zero-order chi connectivity index (χ0) is 14.6. The van der Waals surface area contributed by atoms with E-state index in [4.69, 9.17) is 5.73 Å². The third kappa shape index (κ3) is 4.04. The van der Waals surface area contributed by atoms with E-state index in [1.54, 1.807) is 11.3 Å². The summed E-state index contributed by atoms with van der Waals surface area (Å²) in [5.41, 5.74) is 5.99. The number of amides is 1. The Kier molecular flexibility index (Phi) is 5.18. The van der Waals surface area contributed by atoms with Crippen molar-refractivity contribution in [1.29, 1.82) is 0 Å². The summed E-state index contributed by atoms with van der Waals surface area (Å²) in [6, 6.07) is 4.39. The second-order valence-corrected chi connectivity index (χ2v) is 7.02. The van der Waals surface area contributed by atoms with E-state index in [0.29, 0.717) is 13.0 Å². The molecule has 0 aliphatic heterocycles. The fourth-order valence-corrected chi connectivity index (χ4v) is 3.79. The third-order valence-electron chi connectivity index (χ3n) is 4.10. The maximum absolute atomic E-state index is 12.1. The number of carbonyl (C=O) groups is 1. The third-order valence-corrected chi connectivity index (χ3v) is 5.07. The first-order valence-electron chi connectivity index (χ1n) is 7.26. The maximum atomic E-state index is 12.1. The number of nitrogens with one attached hydrogen (secondary N) is 1. The van der Waals surface area contributed by atoms with E-state index < -0.39 is 0 Å². The van der Waals surface area contributed by atoms with Crippen LogP contribution in [-0.2, 0) is 4.79 Å². The van der Waals surface area contributed by atoms with E-state index in [-0.39, 0.29) is 17.5 Å². The van der Waals surface area contributed by atoms with Crippen LogP contribution >= 0.6 is 11.3 Å². The minimum absolute atomic E-state index is 0.0813. The lowest BCUT2D eigenvalue weighted by Crippen LogP contribution is -2.43. The fraction of sp³-hybridized carbons (Fsp3) is 0.667. The quantitative estimate of drug-likeness (QED) is 0.845. The predicted octanol–water partition coefficient (Wildman–Crippen LogP) is 2.13. The summed E-state index contributed by atoms with van der Waals surface area (Å²) in [4.78, 5) is 15.5. The highest BCUT2D eigenvalue weighted by atomic mass is 32.1. The molecule has 1 atom stereocenters. The Balaban J connectivity index is 1.85. The Morgan fingerprint density at radius 1 is 1.50 bits per heavy atom.